The summed E-state index contributed by atoms with van der Waals surface area (Å²) in [7, 11) is 0. The molecule has 0 saturated heterocycles. The molecule has 0 N–H and O–H groups in total. The van der Waals surface area contributed by atoms with E-state index in [-0.39, 0.29) is 11.2 Å². The van der Waals surface area contributed by atoms with Crippen LogP contribution >= 0.6 is 0 Å². The van der Waals surface area contributed by atoms with Crippen LogP contribution in [0.1, 0.15) is 92.2 Å². The lowest BCUT2D eigenvalue weighted by Gasteiger charge is -2.54. The minimum atomic E-state index is -0.340. The Labute approximate surface area is 192 Å². The van der Waals surface area contributed by atoms with Gasteiger partial charge < -0.3 is 4.74 Å². The Balaban J connectivity index is 2.87. The number of benzene rings is 2. The highest BCUT2D eigenvalue weighted by Gasteiger charge is 2.53. The Kier molecular flexibility index (Phi) is 9.37. The van der Waals surface area contributed by atoms with Crippen LogP contribution in [0.3, 0.4) is 0 Å². The molecule has 4 atom stereocenters. The molecule has 0 spiro atoms. The van der Waals surface area contributed by atoms with Gasteiger partial charge in [0.15, 0.2) is 0 Å². The van der Waals surface area contributed by atoms with Gasteiger partial charge >= 0.3 is 0 Å². The molecule has 2 rings (SSSR count). The molecule has 0 aliphatic carbocycles. The van der Waals surface area contributed by atoms with Crippen molar-refractivity contribution in [3.05, 3.63) is 71.8 Å². The van der Waals surface area contributed by atoms with Crippen molar-refractivity contribution in [1.29, 1.82) is 0 Å². The predicted molar refractivity (Wildman–Crippen MR) is 135 cm³/mol. The van der Waals surface area contributed by atoms with E-state index in [2.05, 4.69) is 116 Å². The van der Waals surface area contributed by atoms with E-state index in [0.717, 1.165) is 25.7 Å². The Morgan fingerprint density at radius 1 is 0.516 bits per heavy atom. The topological polar surface area (TPSA) is 9.23 Å². The fourth-order valence-corrected chi connectivity index (χ4v) is 5.52. The molecule has 0 fully saturated rings. The molecule has 0 aromatic heterocycles. The van der Waals surface area contributed by atoms with Crippen molar-refractivity contribution in [2.24, 2.45) is 23.7 Å². The van der Waals surface area contributed by atoms with Crippen LogP contribution in [-0.2, 0) is 15.9 Å². The van der Waals surface area contributed by atoms with Gasteiger partial charge in [-0.1, -0.05) is 142 Å². The summed E-state index contributed by atoms with van der Waals surface area (Å²) in [5.74, 6) is 1.61. The highest BCUT2D eigenvalue weighted by atomic mass is 16.5. The summed E-state index contributed by atoms with van der Waals surface area (Å²) in [6.45, 7) is 18.8. The molecule has 1 nitrogen and oxygen atoms in total. The van der Waals surface area contributed by atoms with Crippen LogP contribution in [0.4, 0.5) is 0 Å². The zero-order chi connectivity index (χ0) is 23.1. The Morgan fingerprint density at radius 2 is 0.774 bits per heavy atom. The fraction of sp³-hybridized carbons (Fsp3) is 0.600. The standard InChI is InChI=1S/C30H46O/c1-9-23(5)29(24(6)10-2,27-19-15-13-16-20-27)31-30(25(7)11-3,26(8)12-4)28-21-17-14-18-22-28/h13-26H,9-12H2,1-8H3. The van der Waals surface area contributed by atoms with Crippen molar-refractivity contribution in [1.82, 2.24) is 0 Å². The maximum absolute atomic E-state index is 7.81. The second-order valence-electron chi connectivity index (χ2n) is 9.66. The zero-order valence-corrected chi connectivity index (χ0v) is 21.3. The first-order valence-corrected chi connectivity index (χ1v) is 12.7. The Morgan fingerprint density at radius 3 is 1.00 bits per heavy atom. The SMILES string of the molecule is CCC(C)C(OC(c1ccccc1)(C(C)CC)C(C)CC)(c1ccccc1)C(C)CC. The van der Waals surface area contributed by atoms with Crippen LogP contribution in [0.5, 0.6) is 0 Å². The van der Waals surface area contributed by atoms with Gasteiger partial charge in [0.25, 0.3) is 0 Å². The highest BCUT2D eigenvalue weighted by Crippen LogP contribution is 2.54. The minimum Gasteiger partial charge on any atom is -0.358 e. The van der Waals surface area contributed by atoms with Crippen molar-refractivity contribution >= 4 is 0 Å². The molecule has 0 amide bonds. The molecule has 0 saturated carbocycles. The lowest BCUT2D eigenvalue weighted by atomic mass is 9.67. The maximum Gasteiger partial charge on any atom is 0.0994 e. The van der Waals surface area contributed by atoms with Crippen LogP contribution in [0, 0.1) is 23.7 Å². The van der Waals surface area contributed by atoms with E-state index in [1.54, 1.807) is 0 Å². The van der Waals surface area contributed by atoms with Crippen LogP contribution < -0.4 is 0 Å². The number of hydrogen-bond donors (Lipinski definition) is 0. The normalized spacial score (nSPS) is 19.6. The number of hydrogen-bond acceptors (Lipinski definition) is 1. The van der Waals surface area contributed by atoms with E-state index in [9.17, 15) is 0 Å². The van der Waals surface area contributed by atoms with E-state index in [1.807, 2.05) is 0 Å². The first-order valence-electron chi connectivity index (χ1n) is 12.7. The van der Waals surface area contributed by atoms with Crippen LogP contribution in [-0.4, -0.2) is 0 Å². The largest absolute Gasteiger partial charge is 0.358 e. The summed E-state index contributed by atoms with van der Waals surface area (Å²) in [6, 6.07) is 22.1. The van der Waals surface area contributed by atoms with Gasteiger partial charge in [0.05, 0.1) is 11.2 Å². The van der Waals surface area contributed by atoms with E-state index in [0.29, 0.717) is 23.7 Å². The van der Waals surface area contributed by atoms with Crippen molar-refractivity contribution < 1.29 is 4.74 Å². The van der Waals surface area contributed by atoms with Gasteiger partial charge in [-0.05, 0) is 34.8 Å². The van der Waals surface area contributed by atoms with Crippen LogP contribution in [0.25, 0.3) is 0 Å². The van der Waals surface area contributed by atoms with E-state index >= 15 is 0 Å². The molecule has 0 radical (unpaired) electrons. The van der Waals surface area contributed by atoms with Gasteiger partial charge in [-0.3, -0.25) is 0 Å². The van der Waals surface area contributed by atoms with Gasteiger partial charge in [-0.25, -0.2) is 0 Å². The Bertz CT molecular complexity index is 665. The minimum absolute atomic E-state index is 0.340. The molecule has 31 heavy (non-hydrogen) atoms. The Hall–Kier alpha value is -1.60. The van der Waals surface area contributed by atoms with E-state index in [1.165, 1.54) is 11.1 Å². The summed E-state index contributed by atoms with van der Waals surface area (Å²) in [4.78, 5) is 0. The van der Waals surface area contributed by atoms with Crippen molar-refractivity contribution in [2.45, 2.75) is 92.3 Å². The molecule has 172 valence electrons. The van der Waals surface area contributed by atoms with Gasteiger partial charge in [0.2, 0.25) is 0 Å². The second kappa shape index (κ2) is 11.3. The van der Waals surface area contributed by atoms with Crippen LogP contribution in [0.2, 0.25) is 0 Å². The van der Waals surface area contributed by atoms with E-state index in [4.69, 9.17) is 4.74 Å². The summed E-state index contributed by atoms with van der Waals surface area (Å²) in [5.41, 5.74) is 1.97. The van der Waals surface area contributed by atoms with Crippen LogP contribution in [0.15, 0.2) is 60.7 Å². The molecule has 2 aromatic carbocycles. The summed E-state index contributed by atoms with van der Waals surface area (Å²) in [5, 5.41) is 0. The monoisotopic (exact) mass is 422 g/mol. The van der Waals surface area contributed by atoms with Crippen molar-refractivity contribution in [2.75, 3.05) is 0 Å². The van der Waals surface area contributed by atoms with Crippen molar-refractivity contribution in [3.8, 4) is 0 Å². The zero-order valence-electron chi connectivity index (χ0n) is 21.3. The molecule has 2 aromatic rings. The average molecular weight is 423 g/mol. The molecule has 0 bridgehead atoms. The first kappa shape index (κ1) is 25.7. The number of rotatable bonds is 12. The molecular formula is C30H46O. The smallest absolute Gasteiger partial charge is 0.0994 e. The molecule has 0 aliphatic heterocycles. The summed E-state index contributed by atoms with van der Waals surface area (Å²) >= 11 is 0. The maximum atomic E-state index is 7.81. The van der Waals surface area contributed by atoms with Gasteiger partial charge in [-0.15, -0.1) is 0 Å². The fourth-order valence-electron chi connectivity index (χ4n) is 5.52. The molecule has 0 heterocycles. The molecule has 1 heteroatoms. The summed E-state index contributed by atoms with van der Waals surface area (Å²) in [6.07, 6.45) is 4.35. The quantitative estimate of drug-likeness (QED) is 0.331. The first-order chi connectivity index (χ1) is 14.8. The number of ether oxygens (including phenoxy) is 1. The van der Waals surface area contributed by atoms with Gasteiger partial charge in [0, 0.05) is 0 Å². The van der Waals surface area contributed by atoms with E-state index < -0.39 is 0 Å². The van der Waals surface area contributed by atoms with Crippen molar-refractivity contribution in [3.63, 3.8) is 0 Å². The third-order valence-electron chi connectivity index (χ3n) is 8.17. The second-order valence-corrected chi connectivity index (χ2v) is 9.66. The molecular weight excluding hydrogens is 376 g/mol. The lowest BCUT2D eigenvalue weighted by Crippen LogP contribution is -2.53. The predicted octanol–water partition coefficient (Wildman–Crippen LogP) is 8.98. The highest BCUT2D eigenvalue weighted by molar-refractivity contribution is 5.29. The average Bonchev–Trinajstić information content (AvgIpc) is 2.84. The third-order valence-corrected chi connectivity index (χ3v) is 8.17. The molecule has 4 unspecified atom stereocenters. The van der Waals surface area contributed by atoms with Gasteiger partial charge in [0.1, 0.15) is 0 Å². The molecule has 0 aliphatic rings. The summed E-state index contributed by atoms with van der Waals surface area (Å²) < 4.78 is 7.81. The third kappa shape index (κ3) is 4.77. The van der Waals surface area contributed by atoms with Gasteiger partial charge in [-0.2, -0.15) is 0 Å². The lowest BCUT2D eigenvalue weighted by molar-refractivity contribution is -0.256.